The zero-order valence-electron chi connectivity index (χ0n) is 12.2. The number of nitrogens with two attached hydrogens (primary N) is 2. The maximum absolute atomic E-state index is 12.1. The van der Waals surface area contributed by atoms with Crippen LogP contribution in [0.4, 0.5) is 0 Å². The summed E-state index contributed by atoms with van der Waals surface area (Å²) in [5, 5.41) is 2.90. The average Bonchev–Trinajstić information content (AvgIpc) is 2.93. The van der Waals surface area contributed by atoms with Crippen LogP contribution in [0.15, 0.2) is 18.3 Å². The highest BCUT2D eigenvalue weighted by Crippen LogP contribution is 2.30. The van der Waals surface area contributed by atoms with Crippen LogP contribution in [0.2, 0.25) is 0 Å². The fourth-order valence-corrected chi connectivity index (χ4v) is 2.66. The lowest BCUT2D eigenvalue weighted by Crippen LogP contribution is -2.34. The minimum atomic E-state index is -0.558. The number of carbonyl (C=O) groups excluding carboxylic acids is 2. The topological polar surface area (TPSA) is 111 Å². The monoisotopic (exact) mass is 348 g/mol. The van der Waals surface area contributed by atoms with Gasteiger partial charge in [-0.25, -0.2) is 0 Å². The summed E-state index contributed by atoms with van der Waals surface area (Å²) in [6, 6.07) is 3.30. The van der Waals surface area contributed by atoms with Gasteiger partial charge in [-0.2, -0.15) is 0 Å². The Morgan fingerprint density at radius 2 is 2.00 bits per heavy atom. The Labute approximate surface area is 142 Å². The normalized spacial score (nSPS) is 19.7. The molecule has 1 aliphatic rings. The van der Waals surface area contributed by atoms with E-state index in [-0.39, 0.29) is 42.3 Å². The van der Waals surface area contributed by atoms with Gasteiger partial charge in [0.05, 0.1) is 0 Å². The first-order chi connectivity index (χ1) is 9.61. The molecule has 6 nitrogen and oxygen atoms in total. The average molecular weight is 349 g/mol. The molecule has 8 heteroatoms. The highest BCUT2D eigenvalue weighted by molar-refractivity contribution is 5.90. The quantitative estimate of drug-likeness (QED) is 0.737. The van der Waals surface area contributed by atoms with E-state index in [9.17, 15) is 9.59 Å². The van der Waals surface area contributed by atoms with Gasteiger partial charge in [-0.15, -0.1) is 24.8 Å². The molecule has 0 aliphatic heterocycles. The van der Waals surface area contributed by atoms with Gasteiger partial charge >= 0.3 is 0 Å². The van der Waals surface area contributed by atoms with E-state index in [2.05, 4.69) is 10.3 Å². The largest absolute Gasteiger partial charge is 0.364 e. The van der Waals surface area contributed by atoms with Gasteiger partial charge in [0, 0.05) is 18.7 Å². The SMILES string of the molecule is Cl.Cl.NC[C@H]1CCC[C@H]1C(=O)NCc1ccc(C(N)=O)nc1. The maximum Gasteiger partial charge on any atom is 0.267 e. The zero-order valence-corrected chi connectivity index (χ0v) is 13.8. The molecule has 5 N–H and O–H groups in total. The summed E-state index contributed by atoms with van der Waals surface area (Å²) >= 11 is 0. The number of amides is 2. The van der Waals surface area contributed by atoms with Crippen molar-refractivity contribution in [2.24, 2.45) is 23.3 Å². The van der Waals surface area contributed by atoms with E-state index in [1.54, 1.807) is 18.3 Å². The van der Waals surface area contributed by atoms with E-state index < -0.39 is 5.91 Å². The van der Waals surface area contributed by atoms with Crippen molar-refractivity contribution in [3.63, 3.8) is 0 Å². The van der Waals surface area contributed by atoms with E-state index in [0.29, 0.717) is 19.0 Å². The Hall–Kier alpha value is -1.37. The van der Waals surface area contributed by atoms with Crippen LogP contribution >= 0.6 is 24.8 Å². The van der Waals surface area contributed by atoms with Crippen LogP contribution in [-0.4, -0.2) is 23.3 Å². The van der Waals surface area contributed by atoms with Gasteiger partial charge in [-0.3, -0.25) is 14.6 Å². The van der Waals surface area contributed by atoms with E-state index in [0.717, 1.165) is 24.8 Å². The Morgan fingerprint density at radius 1 is 1.27 bits per heavy atom. The molecule has 1 aromatic heterocycles. The summed E-state index contributed by atoms with van der Waals surface area (Å²) in [5.74, 6) is -0.183. The predicted octanol–water partition coefficient (Wildman–Crippen LogP) is 1.02. The number of pyridine rings is 1. The number of hydrogen-bond donors (Lipinski definition) is 3. The number of hydrogen-bond acceptors (Lipinski definition) is 4. The van der Waals surface area contributed by atoms with Crippen molar-refractivity contribution in [1.29, 1.82) is 0 Å². The molecule has 0 aromatic carbocycles. The molecular formula is C14H22Cl2N4O2. The molecule has 0 unspecified atom stereocenters. The second-order valence-corrected chi connectivity index (χ2v) is 5.17. The molecule has 2 rings (SSSR count). The third-order valence-electron chi connectivity index (χ3n) is 3.84. The molecule has 1 saturated carbocycles. The molecule has 22 heavy (non-hydrogen) atoms. The minimum Gasteiger partial charge on any atom is -0.364 e. The molecule has 1 aromatic rings. The number of rotatable bonds is 5. The second kappa shape index (κ2) is 9.61. The van der Waals surface area contributed by atoms with Gasteiger partial charge in [0.2, 0.25) is 5.91 Å². The highest BCUT2D eigenvalue weighted by atomic mass is 35.5. The number of carbonyl (C=O) groups is 2. The van der Waals surface area contributed by atoms with Gasteiger partial charge in [-0.1, -0.05) is 12.5 Å². The summed E-state index contributed by atoms with van der Waals surface area (Å²) in [5.41, 5.74) is 11.9. The highest BCUT2D eigenvalue weighted by Gasteiger charge is 2.31. The van der Waals surface area contributed by atoms with E-state index >= 15 is 0 Å². The first kappa shape index (κ1) is 20.6. The fourth-order valence-electron chi connectivity index (χ4n) is 2.66. The smallest absolute Gasteiger partial charge is 0.267 e. The number of nitrogens with zero attached hydrogens (tertiary/aromatic N) is 1. The van der Waals surface area contributed by atoms with Crippen LogP contribution in [0, 0.1) is 11.8 Å². The van der Waals surface area contributed by atoms with Crippen molar-refractivity contribution in [3.8, 4) is 0 Å². The van der Waals surface area contributed by atoms with Crippen molar-refractivity contribution in [1.82, 2.24) is 10.3 Å². The van der Waals surface area contributed by atoms with E-state index in [4.69, 9.17) is 11.5 Å². The molecule has 0 bridgehead atoms. The first-order valence-corrected chi connectivity index (χ1v) is 6.84. The number of primary amides is 1. The van der Waals surface area contributed by atoms with Gasteiger partial charge in [0.25, 0.3) is 5.91 Å². The minimum absolute atomic E-state index is 0. The summed E-state index contributed by atoms with van der Waals surface area (Å²) in [6.07, 6.45) is 4.56. The van der Waals surface area contributed by atoms with Crippen molar-refractivity contribution < 1.29 is 9.59 Å². The zero-order chi connectivity index (χ0) is 14.5. The van der Waals surface area contributed by atoms with Crippen LogP contribution in [0.3, 0.4) is 0 Å². The summed E-state index contributed by atoms with van der Waals surface area (Å²) in [6.45, 7) is 0.964. The summed E-state index contributed by atoms with van der Waals surface area (Å²) < 4.78 is 0. The van der Waals surface area contributed by atoms with Gasteiger partial charge in [-0.05, 0) is 36.9 Å². The third kappa shape index (κ3) is 5.12. The number of nitrogens with one attached hydrogen (secondary N) is 1. The molecule has 1 aliphatic carbocycles. The number of halogens is 2. The molecule has 124 valence electrons. The molecule has 0 saturated heterocycles. The van der Waals surface area contributed by atoms with E-state index in [1.807, 2.05) is 0 Å². The Morgan fingerprint density at radius 3 is 2.55 bits per heavy atom. The van der Waals surface area contributed by atoms with Crippen LogP contribution in [0.5, 0.6) is 0 Å². The van der Waals surface area contributed by atoms with E-state index in [1.165, 1.54) is 0 Å². The van der Waals surface area contributed by atoms with Crippen LogP contribution in [0.25, 0.3) is 0 Å². The lowest BCUT2D eigenvalue weighted by atomic mass is 9.95. The molecular weight excluding hydrogens is 327 g/mol. The van der Waals surface area contributed by atoms with Crippen molar-refractivity contribution in [2.45, 2.75) is 25.8 Å². The van der Waals surface area contributed by atoms with Gasteiger partial charge in [0.1, 0.15) is 5.69 Å². The van der Waals surface area contributed by atoms with Crippen molar-refractivity contribution >= 4 is 36.6 Å². The second-order valence-electron chi connectivity index (χ2n) is 5.17. The lowest BCUT2D eigenvalue weighted by Gasteiger charge is -2.17. The third-order valence-corrected chi connectivity index (χ3v) is 3.84. The summed E-state index contributed by atoms with van der Waals surface area (Å²) in [7, 11) is 0. The van der Waals surface area contributed by atoms with Gasteiger partial charge in [0.15, 0.2) is 0 Å². The standard InChI is InChI=1S/C14H20N4O2.2ClH/c15-6-10-2-1-3-11(10)14(20)18-8-9-4-5-12(13(16)19)17-7-9;;/h4-5,7,10-11H,1-3,6,8,15H2,(H2,16,19)(H,18,20);2*1H/t10-,11-;;/m1../s1. The molecule has 0 radical (unpaired) electrons. The first-order valence-electron chi connectivity index (χ1n) is 6.84. The molecule has 1 heterocycles. The predicted molar refractivity (Wildman–Crippen MR) is 89.0 cm³/mol. The van der Waals surface area contributed by atoms with Crippen LogP contribution < -0.4 is 16.8 Å². The molecule has 1 fully saturated rings. The lowest BCUT2D eigenvalue weighted by molar-refractivity contribution is -0.126. The molecule has 0 spiro atoms. The maximum atomic E-state index is 12.1. The van der Waals surface area contributed by atoms with Gasteiger partial charge < -0.3 is 16.8 Å². The summed E-state index contributed by atoms with van der Waals surface area (Å²) in [4.78, 5) is 26.9. The Bertz CT molecular complexity index is 496. The van der Waals surface area contributed by atoms with Crippen LogP contribution in [-0.2, 0) is 11.3 Å². The Balaban J connectivity index is 0.00000220. The van der Waals surface area contributed by atoms with Crippen molar-refractivity contribution in [3.05, 3.63) is 29.6 Å². The fraction of sp³-hybridized carbons (Fsp3) is 0.500. The Kier molecular flexibility index (Phi) is 9.01. The van der Waals surface area contributed by atoms with Crippen molar-refractivity contribution in [2.75, 3.05) is 6.54 Å². The molecule has 2 amide bonds. The van der Waals surface area contributed by atoms with Crippen LogP contribution in [0.1, 0.15) is 35.3 Å². The molecule has 2 atom stereocenters. The number of aromatic nitrogens is 1.